The maximum Gasteiger partial charge on any atom is 0.490 e. The van der Waals surface area contributed by atoms with Gasteiger partial charge < -0.3 is 24.5 Å². The molecule has 184 valence electrons. The van der Waals surface area contributed by atoms with Crippen molar-refractivity contribution in [3.05, 3.63) is 53.7 Å². The summed E-state index contributed by atoms with van der Waals surface area (Å²) in [6.07, 6.45) is -2.08. The molecule has 34 heavy (non-hydrogen) atoms. The first-order valence-electron chi connectivity index (χ1n) is 10.5. The number of likely N-dealkylation sites (tertiary alicyclic amines) is 1. The molecule has 2 N–H and O–H groups in total. The Morgan fingerprint density at radius 1 is 1.24 bits per heavy atom. The van der Waals surface area contributed by atoms with Crippen LogP contribution in [0.1, 0.15) is 34.9 Å². The quantitative estimate of drug-likeness (QED) is 0.685. The van der Waals surface area contributed by atoms with Crippen LogP contribution < -0.4 is 5.32 Å². The van der Waals surface area contributed by atoms with E-state index >= 15 is 0 Å². The molecule has 0 radical (unpaired) electrons. The molecule has 2 saturated heterocycles. The van der Waals surface area contributed by atoms with Gasteiger partial charge in [-0.1, -0.05) is 6.07 Å². The zero-order valence-corrected chi connectivity index (χ0v) is 18.2. The van der Waals surface area contributed by atoms with Gasteiger partial charge in [0.2, 0.25) is 5.91 Å². The zero-order chi connectivity index (χ0) is 24.9. The number of ether oxygens (including phenoxy) is 1. The van der Waals surface area contributed by atoms with Gasteiger partial charge in [-0.15, -0.1) is 0 Å². The number of aromatic nitrogens is 1. The topological polar surface area (TPSA) is 122 Å². The highest BCUT2D eigenvalue weighted by atomic mass is 19.4. The van der Waals surface area contributed by atoms with Crippen LogP contribution in [0.5, 0.6) is 0 Å². The molecule has 0 aromatic carbocycles. The first kappa shape index (κ1) is 25.2. The van der Waals surface area contributed by atoms with Crippen LogP contribution in [0.15, 0.2) is 40.9 Å². The number of hydrogen-bond donors (Lipinski definition) is 2. The molecule has 2 aromatic rings. The number of carboxylic acids is 1. The van der Waals surface area contributed by atoms with Gasteiger partial charge in [0, 0.05) is 19.3 Å². The second kappa shape index (κ2) is 10.7. The smallest absolute Gasteiger partial charge is 0.475 e. The van der Waals surface area contributed by atoms with Gasteiger partial charge in [-0.3, -0.25) is 14.6 Å². The van der Waals surface area contributed by atoms with Crippen molar-refractivity contribution in [1.82, 2.24) is 15.2 Å². The molecule has 0 unspecified atom stereocenters. The minimum absolute atomic E-state index is 0.00254. The van der Waals surface area contributed by atoms with Gasteiger partial charge in [-0.05, 0) is 44.0 Å². The van der Waals surface area contributed by atoms with E-state index < -0.39 is 12.1 Å². The fraction of sp³-hybridized carbons (Fsp3) is 0.455. The second-order valence-corrected chi connectivity index (χ2v) is 7.91. The molecule has 0 aliphatic carbocycles. The Morgan fingerprint density at radius 3 is 2.56 bits per heavy atom. The normalized spacial score (nSPS) is 21.8. The molecule has 9 nitrogen and oxygen atoms in total. The summed E-state index contributed by atoms with van der Waals surface area (Å²) in [5.74, 6) is -2.32. The van der Waals surface area contributed by atoms with Crippen LogP contribution in [0.4, 0.5) is 13.2 Å². The number of furan rings is 1. The predicted molar refractivity (Wildman–Crippen MR) is 111 cm³/mol. The lowest BCUT2D eigenvalue weighted by Crippen LogP contribution is -2.54. The van der Waals surface area contributed by atoms with Crippen LogP contribution in [0, 0.1) is 12.8 Å². The molecule has 3 atom stereocenters. The number of aryl methyl sites for hydroxylation is 1. The lowest BCUT2D eigenvalue weighted by atomic mass is 9.89. The molecule has 0 spiro atoms. The lowest BCUT2D eigenvalue weighted by molar-refractivity contribution is -0.192. The molecule has 0 saturated carbocycles. The summed E-state index contributed by atoms with van der Waals surface area (Å²) in [7, 11) is 0. The molecule has 2 aromatic heterocycles. The number of aliphatic carboxylic acids is 1. The van der Waals surface area contributed by atoms with Crippen LogP contribution in [-0.4, -0.2) is 64.2 Å². The van der Waals surface area contributed by atoms with E-state index in [9.17, 15) is 22.8 Å². The number of pyridine rings is 1. The third kappa shape index (κ3) is 6.34. The highest BCUT2D eigenvalue weighted by Crippen LogP contribution is 2.32. The highest BCUT2D eigenvalue weighted by molar-refractivity contribution is 5.92. The van der Waals surface area contributed by atoms with E-state index in [0.717, 1.165) is 12.1 Å². The fourth-order valence-electron chi connectivity index (χ4n) is 3.89. The molecule has 0 bridgehead atoms. The monoisotopic (exact) mass is 483 g/mol. The van der Waals surface area contributed by atoms with E-state index in [1.165, 1.54) is 0 Å². The number of hydrogen-bond acceptors (Lipinski definition) is 6. The Labute approximate surface area is 192 Å². The van der Waals surface area contributed by atoms with E-state index in [-0.39, 0.29) is 29.9 Å². The summed E-state index contributed by atoms with van der Waals surface area (Å²) < 4.78 is 43.0. The number of nitrogens with one attached hydrogen (secondary N) is 1. The molecule has 4 heterocycles. The number of halogens is 3. The minimum Gasteiger partial charge on any atom is -0.475 e. The summed E-state index contributed by atoms with van der Waals surface area (Å²) in [6.45, 7) is 3.16. The van der Waals surface area contributed by atoms with E-state index in [4.69, 9.17) is 19.1 Å². The standard InChI is InChI=1S/C20H23N3O4.C2HF3O2/c1-13-5-6-17(27-13)20(25)23-12-14(10-18-16(23)7-9-26-18)19(24)22-11-15-4-2-3-8-21-15;3-2(4,5)1(6)7/h2-6,8,14,16,18H,7,9-12H2,1H3,(H,22,24);(H,6,7)/t14-,16-,18-;/m1./s1. The number of rotatable bonds is 4. The first-order chi connectivity index (χ1) is 16.1. The summed E-state index contributed by atoms with van der Waals surface area (Å²) in [5.41, 5.74) is 0.802. The highest BCUT2D eigenvalue weighted by Gasteiger charge is 2.45. The maximum absolute atomic E-state index is 12.9. The van der Waals surface area contributed by atoms with E-state index in [1.54, 1.807) is 23.2 Å². The molecule has 4 rings (SSSR count). The summed E-state index contributed by atoms with van der Waals surface area (Å²) in [4.78, 5) is 40.5. The summed E-state index contributed by atoms with van der Waals surface area (Å²) in [5, 5.41) is 10.1. The Hall–Kier alpha value is -3.41. The molecule has 2 fully saturated rings. The van der Waals surface area contributed by atoms with Crippen LogP contribution in [-0.2, 0) is 20.9 Å². The molecule has 2 aliphatic heterocycles. The van der Waals surface area contributed by atoms with Gasteiger partial charge >= 0.3 is 12.1 Å². The van der Waals surface area contributed by atoms with Crippen molar-refractivity contribution < 1.29 is 41.8 Å². The van der Waals surface area contributed by atoms with Crippen molar-refractivity contribution in [2.24, 2.45) is 5.92 Å². The number of carboxylic acid groups (broad SMARTS) is 1. The largest absolute Gasteiger partial charge is 0.490 e. The van der Waals surface area contributed by atoms with Crippen molar-refractivity contribution in [2.75, 3.05) is 13.2 Å². The Bertz CT molecular complexity index is 1010. The number of alkyl halides is 3. The SMILES string of the molecule is Cc1ccc(C(=O)N2C[C@H](C(=O)NCc3ccccn3)C[C@H]3OCC[C@H]32)o1.O=C(O)C(F)(F)F. The van der Waals surface area contributed by atoms with Crippen molar-refractivity contribution >= 4 is 17.8 Å². The number of nitrogens with zero attached hydrogens (tertiary/aromatic N) is 2. The van der Waals surface area contributed by atoms with Gasteiger partial charge in [-0.2, -0.15) is 13.2 Å². The van der Waals surface area contributed by atoms with Crippen molar-refractivity contribution in [3.63, 3.8) is 0 Å². The number of amides is 2. The van der Waals surface area contributed by atoms with Gasteiger partial charge in [0.25, 0.3) is 5.91 Å². The van der Waals surface area contributed by atoms with Crippen molar-refractivity contribution in [1.29, 1.82) is 0 Å². The van der Waals surface area contributed by atoms with Crippen LogP contribution in [0.2, 0.25) is 0 Å². The Balaban J connectivity index is 0.000000406. The fourth-order valence-corrected chi connectivity index (χ4v) is 3.89. The van der Waals surface area contributed by atoms with E-state index in [1.807, 2.05) is 25.1 Å². The van der Waals surface area contributed by atoms with Crippen LogP contribution in [0.3, 0.4) is 0 Å². The number of piperidine rings is 1. The number of carbonyl (C=O) groups excluding carboxylic acids is 2. The third-order valence-corrected chi connectivity index (χ3v) is 5.50. The summed E-state index contributed by atoms with van der Waals surface area (Å²) >= 11 is 0. The van der Waals surface area contributed by atoms with Gasteiger partial charge in [0.05, 0.1) is 30.3 Å². The van der Waals surface area contributed by atoms with Crippen molar-refractivity contribution in [3.8, 4) is 0 Å². The zero-order valence-electron chi connectivity index (χ0n) is 18.2. The minimum atomic E-state index is -5.08. The van der Waals surface area contributed by atoms with Gasteiger partial charge in [0.15, 0.2) is 5.76 Å². The number of carbonyl (C=O) groups is 3. The summed E-state index contributed by atoms with van der Waals surface area (Å²) in [6, 6.07) is 9.06. The van der Waals surface area contributed by atoms with Crippen LogP contribution >= 0.6 is 0 Å². The molecule has 2 aliphatic rings. The molecule has 12 heteroatoms. The molecular formula is C22H24F3N3O6. The average molecular weight is 483 g/mol. The van der Waals surface area contributed by atoms with Gasteiger partial charge in [0.1, 0.15) is 5.76 Å². The van der Waals surface area contributed by atoms with E-state index in [0.29, 0.717) is 37.6 Å². The third-order valence-electron chi connectivity index (χ3n) is 5.50. The molecular weight excluding hydrogens is 459 g/mol. The van der Waals surface area contributed by atoms with Crippen LogP contribution in [0.25, 0.3) is 0 Å². The van der Waals surface area contributed by atoms with Crippen molar-refractivity contribution in [2.45, 2.75) is 44.6 Å². The average Bonchev–Trinajstić information content (AvgIpc) is 3.45. The Morgan fingerprint density at radius 2 is 1.97 bits per heavy atom. The Kier molecular flexibility index (Phi) is 7.92. The first-order valence-corrected chi connectivity index (χ1v) is 10.5. The predicted octanol–water partition coefficient (Wildman–Crippen LogP) is 2.55. The van der Waals surface area contributed by atoms with Gasteiger partial charge in [-0.25, -0.2) is 4.79 Å². The maximum atomic E-state index is 12.9. The van der Waals surface area contributed by atoms with E-state index in [2.05, 4.69) is 10.3 Å². The second-order valence-electron chi connectivity index (χ2n) is 7.91. The molecule has 2 amide bonds. The lowest BCUT2D eigenvalue weighted by Gasteiger charge is -2.39. The number of fused-ring (bicyclic) bond motifs is 1.